The molecule has 1 heterocycles. The van der Waals surface area contributed by atoms with E-state index < -0.39 is 0 Å². The highest BCUT2D eigenvalue weighted by molar-refractivity contribution is 5.13. The summed E-state index contributed by atoms with van der Waals surface area (Å²) in [5.74, 6) is 1.77. The van der Waals surface area contributed by atoms with Gasteiger partial charge in [0.25, 0.3) is 0 Å². The molecular formula is C18H34N2. The molecule has 0 aromatic heterocycles. The topological polar surface area (TPSA) is 15.3 Å². The Kier molecular flexibility index (Phi) is 3.70. The number of hydrogen-bond acceptors (Lipinski definition) is 2. The summed E-state index contributed by atoms with van der Waals surface area (Å²) < 4.78 is 0. The highest BCUT2D eigenvalue weighted by Gasteiger charge is 2.61. The van der Waals surface area contributed by atoms with Crippen molar-refractivity contribution in [3.05, 3.63) is 0 Å². The minimum absolute atomic E-state index is 0.526. The smallest absolute Gasteiger partial charge is 0.0203 e. The number of piperidine rings is 1. The van der Waals surface area contributed by atoms with Crippen molar-refractivity contribution in [2.24, 2.45) is 22.7 Å². The molecule has 3 aliphatic rings. The van der Waals surface area contributed by atoms with Gasteiger partial charge in [0, 0.05) is 18.6 Å². The van der Waals surface area contributed by atoms with Gasteiger partial charge >= 0.3 is 0 Å². The van der Waals surface area contributed by atoms with Gasteiger partial charge in [0.05, 0.1) is 0 Å². The first-order valence-corrected chi connectivity index (χ1v) is 8.86. The Balaban J connectivity index is 1.74. The molecule has 0 aromatic carbocycles. The molecule has 2 heteroatoms. The molecule has 116 valence electrons. The van der Waals surface area contributed by atoms with Crippen molar-refractivity contribution in [2.75, 3.05) is 19.6 Å². The van der Waals surface area contributed by atoms with Gasteiger partial charge in [-0.1, -0.05) is 34.6 Å². The van der Waals surface area contributed by atoms with Gasteiger partial charge in [-0.3, -0.25) is 4.90 Å². The van der Waals surface area contributed by atoms with Crippen LogP contribution in [0.15, 0.2) is 0 Å². The second-order valence-corrected chi connectivity index (χ2v) is 8.74. The Morgan fingerprint density at radius 2 is 1.95 bits per heavy atom. The van der Waals surface area contributed by atoms with E-state index in [9.17, 15) is 0 Å². The fourth-order valence-electron chi connectivity index (χ4n) is 6.16. The molecule has 1 saturated heterocycles. The van der Waals surface area contributed by atoms with Crippen LogP contribution in [0.2, 0.25) is 0 Å². The molecular weight excluding hydrogens is 244 g/mol. The molecule has 1 N–H and O–H groups in total. The summed E-state index contributed by atoms with van der Waals surface area (Å²) in [6, 6.07) is 1.56. The zero-order valence-corrected chi connectivity index (χ0v) is 14.2. The van der Waals surface area contributed by atoms with Crippen LogP contribution >= 0.6 is 0 Å². The summed E-state index contributed by atoms with van der Waals surface area (Å²) >= 11 is 0. The molecule has 2 saturated carbocycles. The largest absolute Gasteiger partial charge is 0.314 e. The lowest BCUT2D eigenvalue weighted by atomic mass is 9.67. The van der Waals surface area contributed by atoms with Gasteiger partial charge in [-0.25, -0.2) is 0 Å². The van der Waals surface area contributed by atoms with Crippen LogP contribution in [0.4, 0.5) is 0 Å². The van der Waals surface area contributed by atoms with Crippen molar-refractivity contribution in [2.45, 2.75) is 72.4 Å². The standard InChI is InChI=1S/C18H34N2/c1-6-19-15-8-10-20(12-13(15)2)16-17(3,4)14-7-9-18(16,5)11-14/h13-16,19H,6-12H2,1-5H3. The molecule has 0 spiro atoms. The van der Waals surface area contributed by atoms with E-state index in [2.05, 4.69) is 44.8 Å². The van der Waals surface area contributed by atoms with E-state index >= 15 is 0 Å². The molecule has 20 heavy (non-hydrogen) atoms. The van der Waals surface area contributed by atoms with E-state index in [0.717, 1.165) is 30.5 Å². The number of hydrogen-bond donors (Lipinski definition) is 1. The number of fused-ring (bicyclic) bond motifs is 2. The van der Waals surface area contributed by atoms with Crippen molar-refractivity contribution >= 4 is 0 Å². The van der Waals surface area contributed by atoms with Crippen molar-refractivity contribution in [3.63, 3.8) is 0 Å². The molecule has 0 amide bonds. The Morgan fingerprint density at radius 1 is 1.20 bits per heavy atom. The zero-order chi connectivity index (χ0) is 14.5. The summed E-state index contributed by atoms with van der Waals surface area (Å²) in [6.07, 6.45) is 5.76. The number of nitrogens with one attached hydrogen (secondary N) is 1. The Labute approximate surface area is 125 Å². The van der Waals surface area contributed by atoms with E-state index in [1.54, 1.807) is 0 Å². The highest BCUT2D eigenvalue weighted by Crippen LogP contribution is 2.64. The number of rotatable bonds is 3. The fourth-order valence-corrected chi connectivity index (χ4v) is 6.16. The summed E-state index contributed by atoms with van der Waals surface area (Å²) in [6.45, 7) is 16.1. The third kappa shape index (κ3) is 2.14. The molecule has 3 rings (SSSR count). The second-order valence-electron chi connectivity index (χ2n) is 8.74. The van der Waals surface area contributed by atoms with Crippen LogP contribution < -0.4 is 5.32 Å². The van der Waals surface area contributed by atoms with Crippen LogP contribution in [-0.4, -0.2) is 36.6 Å². The Hall–Kier alpha value is -0.0800. The first kappa shape index (κ1) is 14.8. The van der Waals surface area contributed by atoms with E-state index in [-0.39, 0.29) is 0 Å². The maximum absolute atomic E-state index is 3.68. The lowest BCUT2D eigenvalue weighted by Gasteiger charge is -2.52. The van der Waals surface area contributed by atoms with Gasteiger partial charge in [0.15, 0.2) is 0 Å². The molecule has 1 aliphatic heterocycles. The fraction of sp³-hybridized carbons (Fsp3) is 1.00. The quantitative estimate of drug-likeness (QED) is 0.850. The molecule has 3 fully saturated rings. The zero-order valence-electron chi connectivity index (χ0n) is 14.2. The summed E-state index contributed by atoms with van der Waals surface area (Å²) in [5.41, 5.74) is 1.12. The van der Waals surface area contributed by atoms with Crippen LogP contribution in [0, 0.1) is 22.7 Å². The molecule has 2 aliphatic carbocycles. The molecule has 5 atom stereocenters. The van der Waals surface area contributed by atoms with Gasteiger partial charge in [-0.15, -0.1) is 0 Å². The van der Waals surface area contributed by atoms with Crippen molar-refractivity contribution in [1.29, 1.82) is 0 Å². The first-order valence-electron chi connectivity index (χ1n) is 8.86. The van der Waals surface area contributed by atoms with Crippen molar-refractivity contribution in [1.82, 2.24) is 10.2 Å². The minimum Gasteiger partial charge on any atom is -0.314 e. The van der Waals surface area contributed by atoms with E-state index in [1.807, 2.05) is 0 Å². The highest BCUT2D eigenvalue weighted by atomic mass is 15.2. The van der Waals surface area contributed by atoms with E-state index in [1.165, 1.54) is 38.8 Å². The lowest BCUT2D eigenvalue weighted by molar-refractivity contribution is -0.0233. The van der Waals surface area contributed by atoms with Crippen LogP contribution in [0.25, 0.3) is 0 Å². The maximum Gasteiger partial charge on any atom is 0.0203 e. The van der Waals surface area contributed by atoms with Crippen molar-refractivity contribution < 1.29 is 0 Å². The van der Waals surface area contributed by atoms with Crippen molar-refractivity contribution in [3.8, 4) is 0 Å². The number of nitrogens with zero attached hydrogens (tertiary/aromatic N) is 1. The van der Waals surface area contributed by atoms with Crippen LogP contribution in [0.3, 0.4) is 0 Å². The lowest BCUT2D eigenvalue weighted by Crippen LogP contribution is -2.58. The molecule has 5 unspecified atom stereocenters. The SMILES string of the molecule is CCNC1CCN(C2C3(C)CCC(C3)C2(C)C)CC1C. The van der Waals surface area contributed by atoms with Gasteiger partial charge in [-0.05, 0) is 61.4 Å². The average molecular weight is 278 g/mol. The maximum atomic E-state index is 3.68. The summed E-state index contributed by atoms with van der Waals surface area (Å²) in [7, 11) is 0. The predicted molar refractivity (Wildman–Crippen MR) is 85.8 cm³/mol. The van der Waals surface area contributed by atoms with E-state index in [4.69, 9.17) is 0 Å². The summed E-state index contributed by atoms with van der Waals surface area (Å²) in [4.78, 5) is 2.87. The Bertz CT molecular complexity index is 360. The Morgan fingerprint density at radius 3 is 2.50 bits per heavy atom. The van der Waals surface area contributed by atoms with Crippen LogP contribution in [-0.2, 0) is 0 Å². The first-order chi connectivity index (χ1) is 9.38. The molecule has 2 nitrogen and oxygen atoms in total. The van der Waals surface area contributed by atoms with Crippen LogP contribution in [0.1, 0.15) is 60.3 Å². The summed E-state index contributed by atoms with van der Waals surface area (Å²) in [5, 5.41) is 3.68. The molecule has 2 bridgehead atoms. The monoisotopic (exact) mass is 278 g/mol. The normalized spacial score (nSPS) is 47.9. The molecule has 0 aromatic rings. The van der Waals surface area contributed by atoms with Gasteiger partial charge in [-0.2, -0.15) is 0 Å². The van der Waals surface area contributed by atoms with E-state index in [0.29, 0.717) is 10.8 Å². The number of likely N-dealkylation sites (tertiary alicyclic amines) is 1. The van der Waals surface area contributed by atoms with Gasteiger partial charge in [0.2, 0.25) is 0 Å². The third-order valence-electron chi connectivity index (χ3n) is 6.96. The van der Waals surface area contributed by atoms with Gasteiger partial charge in [0.1, 0.15) is 0 Å². The van der Waals surface area contributed by atoms with Crippen LogP contribution in [0.5, 0.6) is 0 Å². The molecule has 0 radical (unpaired) electrons. The van der Waals surface area contributed by atoms with Gasteiger partial charge < -0.3 is 5.32 Å². The predicted octanol–water partition coefficient (Wildman–Crippen LogP) is 3.52. The average Bonchev–Trinajstić information content (AvgIpc) is 2.84. The third-order valence-corrected chi connectivity index (χ3v) is 6.96. The minimum atomic E-state index is 0.526. The second kappa shape index (κ2) is 4.98.